The number of piperazine rings is 1. The topological polar surface area (TPSA) is 53.7 Å². The summed E-state index contributed by atoms with van der Waals surface area (Å²) in [5.41, 5.74) is 4.37. The molecular weight excluding hydrogens is 326 g/mol. The van der Waals surface area contributed by atoms with Crippen LogP contribution in [0.3, 0.4) is 0 Å². The maximum atomic E-state index is 12.9. The van der Waals surface area contributed by atoms with E-state index in [1.165, 1.54) is 5.56 Å². The Kier molecular flexibility index (Phi) is 4.42. The first kappa shape index (κ1) is 16.7. The van der Waals surface area contributed by atoms with Gasteiger partial charge in [-0.2, -0.15) is 5.10 Å². The predicted molar refractivity (Wildman–Crippen MR) is 100 cm³/mol. The minimum Gasteiger partial charge on any atom is -0.335 e. The Morgan fingerprint density at radius 2 is 1.77 bits per heavy atom. The standard InChI is InChI=1S/C20H23N5O/c1-15-12-19-21-18(13-16(2)25(19)22-15)20(26)24-10-8-23(9-11-24)14-17-6-4-3-5-7-17/h3-7,12-13H,8-11,14H2,1-2H3. The number of hydrogen-bond acceptors (Lipinski definition) is 4. The summed E-state index contributed by atoms with van der Waals surface area (Å²) >= 11 is 0. The lowest BCUT2D eigenvalue weighted by atomic mass is 10.2. The third kappa shape index (κ3) is 3.32. The van der Waals surface area contributed by atoms with Crippen LogP contribution >= 0.6 is 0 Å². The number of benzene rings is 1. The Labute approximate surface area is 153 Å². The van der Waals surface area contributed by atoms with Crippen LogP contribution in [-0.4, -0.2) is 56.5 Å². The van der Waals surface area contributed by atoms with E-state index in [4.69, 9.17) is 0 Å². The summed E-state index contributed by atoms with van der Waals surface area (Å²) in [7, 11) is 0. The van der Waals surface area contributed by atoms with Gasteiger partial charge in [0.1, 0.15) is 5.69 Å². The zero-order chi connectivity index (χ0) is 18.1. The maximum absolute atomic E-state index is 12.9. The van der Waals surface area contributed by atoms with Crippen molar-refractivity contribution in [2.75, 3.05) is 26.2 Å². The van der Waals surface area contributed by atoms with Crippen LogP contribution in [0.5, 0.6) is 0 Å². The second-order valence-electron chi connectivity index (χ2n) is 6.89. The summed E-state index contributed by atoms with van der Waals surface area (Å²) in [6, 6.07) is 14.2. The molecule has 1 saturated heterocycles. The maximum Gasteiger partial charge on any atom is 0.272 e. The molecule has 1 amide bonds. The van der Waals surface area contributed by atoms with E-state index >= 15 is 0 Å². The zero-order valence-electron chi connectivity index (χ0n) is 15.2. The summed E-state index contributed by atoms with van der Waals surface area (Å²) in [6.07, 6.45) is 0. The summed E-state index contributed by atoms with van der Waals surface area (Å²) in [4.78, 5) is 21.7. The molecule has 134 valence electrons. The number of fused-ring (bicyclic) bond motifs is 1. The van der Waals surface area contributed by atoms with Gasteiger partial charge in [-0.05, 0) is 25.5 Å². The van der Waals surface area contributed by atoms with Gasteiger partial charge in [-0.15, -0.1) is 0 Å². The third-order valence-corrected chi connectivity index (χ3v) is 4.86. The van der Waals surface area contributed by atoms with Crippen LogP contribution in [-0.2, 0) is 6.54 Å². The molecule has 1 aliphatic rings. The van der Waals surface area contributed by atoms with Crippen LogP contribution in [0.1, 0.15) is 27.4 Å². The number of amides is 1. The molecule has 0 N–H and O–H groups in total. The third-order valence-electron chi connectivity index (χ3n) is 4.86. The van der Waals surface area contributed by atoms with Crippen molar-refractivity contribution in [2.45, 2.75) is 20.4 Å². The number of carbonyl (C=O) groups is 1. The number of aromatic nitrogens is 3. The zero-order valence-corrected chi connectivity index (χ0v) is 15.2. The second kappa shape index (κ2) is 6.88. The van der Waals surface area contributed by atoms with Gasteiger partial charge in [-0.3, -0.25) is 9.69 Å². The Bertz CT molecular complexity index is 926. The lowest BCUT2D eigenvalue weighted by Gasteiger charge is -2.34. The van der Waals surface area contributed by atoms with Crippen LogP contribution < -0.4 is 0 Å². The molecule has 26 heavy (non-hydrogen) atoms. The van der Waals surface area contributed by atoms with Crippen molar-refractivity contribution >= 4 is 11.6 Å². The van der Waals surface area contributed by atoms with Gasteiger partial charge in [-0.1, -0.05) is 30.3 Å². The van der Waals surface area contributed by atoms with Crippen molar-refractivity contribution in [3.63, 3.8) is 0 Å². The van der Waals surface area contributed by atoms with Crippen molar-refractivity contribution in [1.29, 1.82) is 0 Å². The van der Waals surface area contributed by atoms with Crippen molar-refractivity contribution < 1.29 is 4.79 Å². The molecule has 0 aliphatic carbocycles. The molecule has 2 aromatic heterocycles. The summed E-state index contributed by atoms with van der Waals surface area (Å²) in [5.74, 6) is 0.00816. The summed E-state index contributed by atoms with van der Waals surface area (Å²) in [5, 5.41) is 4.40. The average Bonchev–Trinajstić information content (AvgIpc) is 3.03. The van der Waals surface area contributed by atoms with Gasteiger partial charge in [0.15, 0.2) is 5.65 Å². The van der Waals surface area contributed by atoms with Gasteiger partial charge < -0.3 is 4.90 Å². The van der Waals surface area contributed by atoms with E-state index in [0.717, 1.165) is 49.8 Å². The van der Waals surface area contributed by atoms with Crippen LogP contribution in [0.4, 0.5) is 0 Å². The van der Waals surface area contributed by atoms with E-state index in [-0.39, 0.29) is 5.91 Å². The Balaban J connectivity index is 1.43. The molecule has 0 atom stereocenters. The van der Waals surface area contributed by atoms with Crippen molar-refractivity contribution in [3.8, 4) is 0 Å². The molecule has 1 aliphatic heterocycles. The van der Waals surface area contributed by atoms with E-state index in [2.05, 4.69) is 39.2 Å². The van der Waals surface area contributed by atoms with E-state index in [1.807, 2.05) is 36.9 Å². The lowest BCUT2D eigenvalue weighted by Crippen LogP contribution is -2.48. The van der Waals surface area contributed by atoms with Crippen molar-refractivity contribution in [2.24, 2.45) is 0 Å². The largest absolute Gasteiger partial charge is 0.335 e. The monoisotopic (exact) mass is 349 g/mol. The molecule has 6 heteroatoms. The lowest BCUT2D eigenvalue weighted by molar-refractivity contribution is 0.0622. The highest BCUT2D eigenvalue weighted by Crippen LogP contribution is 2.14. The highest BCUT2D eigenvalue weighted by atomic mass is 16.2. The van der Waals surface area contributed by atoms with Gasteiger partial charge in [0, 0.05) is 44.5 Å². The fourth-order valence-electron chi connectivity index (χ4n) is 3.46. The van der Waals surface area contributed by atoms with Crippen molar-refractivity contribution in [1.82, 2.24) is 24.4 Å². The average molecular weight is 349 g/mol. The van der Waals surface area contributed by atoms with Crippen LogP contribution in [0, 0.1) is 13.8 Å². The molecule has 3 heterocycles. The van der Waals surface area contributed by atoms with Gasteiger partial charge in [-0.25, -0.2) is 9.50 Å². The molecule has 6 nitrogen and oxygen atoms in total. The molecule has 0 bridgehead atoms. The van der Waals surface area contributed by atoms with E-state index in [9.17, 15) is 4.79 Å². The smallest absolute Gasteiger partial charge is 0.272 e. The van der Waals surface area contributed by atoms with E-state index < -0.39 is 0 Å². The molecule has 4 rings (SSSR count). The first-order chi connectivity index (χ1) is 12.6. The van der Waals surface area contributed by atoms with Crippen LogP contribution in [0.15, 0.2) is 42.5 Å². The minimum absolute atomic E-state index is 0.00816. The van der Waals surface area contributed by atoms with Crippen LogP contribution in [0.25, 0.3) is 5.65 Å². The number of hydrogen-bond donors (Lipinski definition) is 0. The molecule has 0 radical (unpaired) electrons. The molecule has 1 aromatic carbocycles. The molecule has 0 spiro atoms. The molecular formula is C20H23N5O. The highest BCUT2D eigenvalue weighted by molar-refractivity contribution is 5.93. The number of rotatable bonds is 3. The normalized spacial score (nSPS) is 15.5. The SMILES string of the molecule is Cc1cc2nc(C(=O)N3CCN(Cc4ccccc4)CC3)cc(C)n2n1. The first-order valence-electron chi connectivity index (χ1n) is 9.00. The van der Waals surface area contributed by atoms with Gasteiger partial charge >= 0.3 is 0 Å². The van der Waals surface area contributed by atoms with Crippen LogP contribution in [0.2, 0.25) is 0 Å². The molecule has 3 aromatic rings. The van der Waals surface area contributed by atoms with Gasteiger partial charge in [0.05, 0.1) is 5.69 Å². The van der Waals surface area contributed by atoms with Gasteiger partial charge in [0.2, 0.25) is 0 Å². The Morgan fingerprint density at radius 3 is 2.50 bits per heavy atom. The van der Waals surface area contributed by atoms with E-state index in [1.54, 1.807) is 4.52 Å². The fourth-order valence-corrected chi connectivity index (χ4v) is 3.46. The number of aryl methyl sites for hydroxylation is 2. The first-order valence-corrected chi connectivity index (χ1v) is 9.00. The summed E-state index contributed by atoms with van der Waals surface area (Å²) < 4.78 is 1.78. The minimum atomic E-state index is 0.00816. The fraction of sp³-hybridized carbons (Fsp3) is 0.350. The number of nitrogens with zero attached hydrogens (tertiary/aromatic N) is 5. The molecule has 1 fully saturated rings. The quantitative estimate of drug-likeness (QED) is 0.728. The van der Waals surface area contributed by atoms with Gasteiger partial charge in [0.25, 0.3) is 5.91 Å². The number of carbonyl (C=O) groups excluding carboxylic acids is 1. The second-order valence-corrected chi connectivity index (χ2v) is 6.89. The predicted octanol–water partition coefficient (Wildman–Crippen LogP) is 2.30. The Hall–Kier alpha value is -2.73. The van der Waals surface area contributed by atoms with E-state index in [0.29, 0.717) is 5.69 Å². The summed E-state index contributed by atoms with van der Waals surface area (Å²) in [6.45, 7) is 8.05. The van der Waals surface area contributed by atoms with Crippen molar-refractivity contribution in [3.05, 3.63) is 65.1 Å². The molecule has 0 unspecified atom stereocenters. The molecule has 0 saturated carbocycles. The Morgan fingerprint density at radius 1 is 1.04 bits per heavy atom. The highest BCUT2D eigenvalue weighted by Gasteiger charge is 2.23.